The van der Waals surface area contributed by atoms with Crippen molar-refractivity contribution in [2.75, 3.05) is 0 Å². The number of likely N-dealkylation sites (tertiary alicyclic amines) is 1. The summed E-state index contributed by atoms with van der Waals surface area (Å²) in [5, 5.41) is 19.2. The number of ether oxygens (including phenoxy) is 2. The standard InChI is InChI=1S/C37H38FN5O5/c1-22-16-27(14-15-29(22)48-31-17-23(2)41-42-35(31)45)34(44)40-24(3)36(46)43-32(37(4,5)21-39)19-30(47-20-25-10-7-6-8-11-25)33(43)26-12-9-13-28(38)18-26/h6-18,24,30,32-33H,19-20H2,1-5H3,(H,40,44)(H,42,45)/t24-,30-,32-,33-/m1/s1. The first-order valence-electron chi connectivity index (χ1n) is 15.7. The van der Waals surface area contributed by atoms with Gasteiger partial charge in [0.15, 0.2) is 5.75 Å². The molecule has 1 saturated heterocycles. The second kappa shape index (κ2) is 14.2. The molecule has 0 saturated carbocycles. The Labute approximate surface area is 278 Å². The highest BCUT2D eigenvalue weighted by Gasteiger charge is 2.52. The van der Waals surface area contributed by atoms with E-state index in [9.17, 15) is 24.0 Å². The molecule has 0 bridgehead atoms. The Morgan fingerprint density at radius 1 is 1.08 bits per heavy atom. The summed E-state index contributed by atoms with van der Waals surface area (Å²) in [5.74, 6) is -0.943. The molecule has 248 valence electrons. The van der Waals surface area contributed by atoms with Gasteiger partial charge in [0, 0.05) is 11.6 Å². The van der Waals surface area contributed by atoms with E-state index in [0.29, 0.717) is 29.0 Å². The lowest BCUT2D eigenvalue weighted by Gasteiger charge is -2.38. The molecular weight excluding hydrogens is 613 g/mol. The molecular formula is C37H38FN5O5. The number of benzene rings is 3. The summed E-state index contributed by atoms with van der Waals surface area (Å²) in [6, 6.07) is 21.9. The van der Waals surface area contributed by atoms with Gasteiger partial charge < -0.3 is 19.7 Å². The number of rotatable bonds is 10. The van der Waals surface area contributed by atoms with Crippen molar-refractivity contribution in [3.05, 3.63) is 123 Å². The van der Waals surface area contributed by atoms with Crippen molar-refractivity contribution in [3.8, 4) is 17.6 Å². The second-order valence-corrected chi connectivity index (χ2v) is 12.6. The number of nitriles is 1. The number of nitrogens with zero attached hydrogens (tertiary/aromatic N) is 3. The summed E-state index contributed by atoms with van der Waals surface area (Å²) < 4.78 is 26.8. The molecule has 0 aliphatic carbocycles. The topological polar surface area (TPSA) is 137 Å². The summed E-state index contributed by atoms with van der Waals surface area (Å²) in [6.07, 6.45) is -0.218. The van der Waals surface area contributed by atoms with Gasteiger partial charge in [0.2, 0.25) is 5.91 Å². The van der Waals surface area contributed by atoms with Crippen molar-refractivity contribution in [1.82, 2.24) is 20.4 Å². The summed E-state index contributed by atoms with van der Waals surface area (Å²) in [7, 11) is 0. The van der Waals surface area contributed by atoms with Gasteiger partial charge in [-0.1, -0.05) is 42.5 Å². The van der Waals surface area contributed by atoms with Crippen molar-refractivity contribution in [3.63, 3.8) is 0 Å². The quantitative estimate of drug-likeness (QED) is 0.217. The Balaban J connectivity index is 1.40. The van der Waals surface area contributed by atoms with E-state index in [4.69, 9.17) is 9.47 Å². The fourth-order valence-electron chi connectivity index (χ4n) is 5.99. The zero-order valence-electron chi connectivity index (χ0n) is 27.5. The van der Waals surface area contributed by atoms with Crippen LogP contribution < -0.4 is 15.6 Å². The highest BCUT2D eigenvalue weighted by atomic mass is 19.1. The Kier molecular flexibility index (Phi) is 10.1. The maximum absolute atomic E-state index is 14.6. The van der Waals surface area contributed by atoms with E-state index in [-0.39, 0.29) is 17.9 Å². The van der Waals surface area contributed by atoms with Crippen LogP contribution >= 0.6 is 0 Å². The Bertz CT molecular complexity index is 1900. The van der Waals surface area contributed by atoms with E-state index < -0.39 is 52.8 Å². The number of aromatic nitrogens is 2. The number of aryl methyl sites for hydroxylation is 2. The van der Waals surface area contributed by atoms with Crippen LogP contribution in [0.5, 0.6) is 11.5 Å². The van der Waals surface area contributed by atoms with E-state index in [0.717, 1.165) is 5.56 Å². The molecule has 0 spiro atoms. The van der Waals surface area contributed by atoms with Crippen LogP contribution in [-0.4, -0.2) is 45.1 Å². The zero-order chi connectivity index (χ0) is 34.6. The molecule has 2 amide bonds. The number of aromatic amines is 1. The van der Waals surface area contributed by atoms with E-state index in [1.54, 1.807) is 63.8 Å². The van der Waals surface area contributed by atoms with Crippen molar-refractivity contribution in [2.45, 2.75) is 71.9 Å². The van der Waals surface area contributed by atoms with Gasteiger partial charge >= 0.3 is 5.56 Å². The van der Waals surface area contributed by atoms with Crippen LogP contribution in [0.15, 0.2) is 83.7 Å². The summed E-state index contributed by atoms with van der Waals surface area (Å²) >= 11 is 0. The summed E-state index contributed by atoms with van der Waals surface area (Å²) in [4.78, 5) is 41.5. The first kappa shape index (κ1) is 34.0. The molecule has 4 atom stereocenters. The van der Waals surface area contributed by atoms with Crippen molar-refractivity contribution in [2.24, 2.45) is 5.41 Å². The minimum Gasteiger partial charge on any atom is -0.451 e. The minimum absolute atomic E-state index is 0.0707. The molecule has 2 heterocycles. The Morgan fingerprint density at radius 2 is 1.83 bits per heavy atom. The molecule has 3 aromatic carbocycles. The van der Waals surface area contributed by atoms with Gasteiger partial charge in [-0.15, -0.1) is 0 Å². The average molecular weight is 652 g/mol. The molecule has 5 rings (SSSR count). The van der Waals surface area contributed by atoms with Gasteiger partial charge in [0.1, 0.15) is 17.6 Å². The average Bonchev–Trinajstić information content (AvgIpc) is 3.46. The number of halogens is 1. The van der Waals surface area contributed by atoms with Crippen LogP contribution in [0.2, 0.25) is 0 Å². The molecule has 0 radical (unpaired) electrons. The molecule has 1 aromatic heterocycles. The van der Waals surface area contributed by atoms with Crippen LogP contribution in [-0.2, 0) is 16.1 Å². The first-order valence-corrected chi connectivity index (χ1v) is 15.7. The lowest BCUT2D eigenvalue weighted by Crippen LogP contribution is -2.52. The minimum atomic E-state index is -1.01. The maximum atomic E-state index is 14.6. The predicted molar refractivity (Wildman–Crippen MR) is 177 cm³/mol. The molecule has 2 N–H and O–H groups in total. The largest absolute Gasteiger partial charge is 0.451 e. The third-order valence-corrected chi connectivity index (χ3v) is 8.59. The van der Waals surface area contributed by atoms with E-state index in [2.05, 4.69) is 21.6 Å². The molecule has 1 aliphatic heterocycles. The zero-order valence-corrected chi connectivity index (χ0v) is 27.5. The number of hydrogen-bond donors (Lipinski definition) is 2. The van der Waals surface area contributed by atoms with Crippen LogP contribution in [0.25, 0.3) is 0 Å². The summed E-state index contributed by atoms with van der Waals surface area (Å²) in [6.45, 7) is 8.82. The SMILES string of the molecule is Cc1cc(Oc2ccc(C(=O)N[C@H](C)C(=O)N3[C@H](c4cccc(F)c4)[C@H](OCc4ccccc4)C[C@@H]3C(C)(C)C#N)cc2C)c(=O)[nH]n1. The van der Waals surface area contributed by atoms with Crippen molar-refractivity contribution in [1.29, 1.82) is 5.26 Å². The third kappa shape index (κ3) is 7.45. The summed E-state index contributed by atoms with van der Waals surface area (Å²) in [5.41, 5.74) is 1.44. The lowest BCUT2D eigenvalue weighted by molar-refractivity contribution is -0.138. The van der Waals surface area contributed by atoms with Gasteiger partial charge in [-0.2, -0.15) is 10.4 Å². The van der Waals surface area contributed by atoms with Crippen molar-refractivity contribution >= 4 is 11.8 Å². The number of H-pyrrole nitrogens is 1. The molecule has 48 heavy (non-hydrogen) atoms. The van der Waals surface area contributed by atoms with Crippen molar-refractivity contribution < 1.29 is 23.5 Å². The second-order valence-electron chi connectivity index (χ2n) is 12.6. The van der Waals surface area contributed by atoms with Gasteiger partial charge in [0.25, 0.3) is 5.91 Å². The molecule has 10 nitrogen and oxygen atoms in total. The predicted octanol–water partition coefficient (Wildman–Crippen LogP) is 5.91. The first-order chi connectivity index (χ1) is 22.9. The fraction of sp³-hybridized carbons (Fsp3) is 0.324. The monoisotopic (exact) mass is 651 g/mol. The van der Waals surface area contributed by atoms with Crippen LogP contribution in [0.1, 0.15) is 66.0 Å². The molecule has 0 unspecified atom stereocenters. The molecule has 1 fully saturated rings. The Hall–Kier alpha value is -5.34. The van der Waals surface area contributed by atoms with E-state index in [1.165, 1.54) is 24.3 Å². The number of hydrogen-bond acceptors (Lipinski definition) is 7. The number of carbonyl (C=O) groups excluding carboxylic acids is 2. The van der Waals surface area contributed by atoms with Gasteiger partial charge in [0.05, 0.1) is 42.0 Å². The Morgan fingerprint density at radius 3 is 2.52 bits per heavy atom. The molecule has 1 aliphatic rings. The van der Waals surface area contributed by atoms with Gasteiger partial charge in [-0.3, -0.25) is 14.4 Å². The van der Waals surface area contributed by atoms with Gasteiger partial charge in [-0.25, -0.2) is 9.49 Å². The lowest BCUT2D eigenvalue weighted by atomic mass is 9.84. The van der Waals surface area contributed by atoms with E-state index in [1.807, 2.05) is 30.3 Å². The molecule has 4 aromatic rings. The van der Waals surface area contributed by atoms with Gasteiger partial charge in [-0.05, 0) is 88.1 Å². The van der Waals surface area contributed by atoms with Crippen LogP contribution in [0, 0.1) is 36.4 Å². The third-order valence-electron chi connectivity index (χ3n) is 8.59. The van der Waals surface area contributed by atoms with Crippen LogP contribution in [0.3, 0.4) is 0 Å². The fourth-order valence-corrected chi connectivity index (χ4v) is 5.99. The highest BCUT2D eigenvalue weighted by Crippen LogP contribution is 2.45. The number of amides is 2. The highest BCUT2D eigenvalue weighted by molar-refractivity contribution is 5.98. The normalized spacial score (nSPS) is 18.2. The van der Waals surface area contributed by atoms with Crippen LogP contribution in [0.4, 0.5) is 4.39 Å². The number of nitrogens with one attached hydrogen (secondary N) is 2. The van der Waals surface area contributed by atoms with E-state index >= 15 is 0 Å². The maximum Gasteiger partial charge on any atom is 0.307 e. The molecule has 11 heteroatoms. The number of carbonyl (C=O) groups is 2. The smallest absolute Gasteiger partial charge is 0.307 e.